The molecule has 4 heterocycles. The van der Waals surface area contributed by atoms with E-state index in [4.69, 9.17) is 4.74 Å². The van der Waals surface area contributed by atoms with Gasteiger partial charge in [-0.05, 0) is 87.2 Å². The number of nitrogens with one attached hydrogen (secondary N) is 1. The van der Waals surface area contributed by atoms with Crippen molar-refractivity contribution in [3.63, 3.8) is 0 Å². The average molecular weight is 458 g/mol. The zero-order chi connectivity index (χ0) is 23.3. The topological polar surface area (TPSA) is 48.6 Å². The number of ether oxygens (including phenoxy) is 1. The molecule has 1 spiro atoms. The molecule has 0 radical (unpaired) electrons. The van der Waals surface area contributed by atoms with Crippen molar-refractivity contribution in [3.05, 3.63) is 65.4 Å². The van der Waals surface area contributed by atoms with Gasteiger partial charge in [0.1, 0.15) is 11.4 Å². The molecular formula is C29H35N3O2. The van der Waals surface area contributed by atoms with Crippen LogP contribution in [0.15, 0.2) is 48.7 Å². The van der Waals surface area contributed by atoms with E-state index in [9.17, 15) is 4.79 Å². The Labute approximate surface area is 202 Å². The molecule has 3 aliphatic rings. The number of aromatic nitrogens is 1. The monoisotopic (exact) mass is 457 g/mol. The van der Waals surface area contributed by atoms with Crippen molar-refractivity contribution in [3.8, 4) is 5.75 Å². The molecule has 0 atom stereocenters. The number of H-pyrrole nitrogens is 1. The summed E-state index contributed by atoms with van der Waals surface area (Å²) >= 11 is 0. The van der Waals surface area contributed by atoms with Gasteiger partial charge in [0.2, 0.25) is 0 Å². The smallest absolute Gasteiger partial charge is 0.253 e. The fourth-order valence-electron chi connectivity index (χ4n) is 6.28. The third-order valence-electron chi connectivity index (χ3n) is 8.40. The zero-order valence-corrected chi connectivity index (χ0v) is 20.4. The summed E-state index contributed by atoms with van der Waals surface area (Å²) in [5.41, 5.74) is 4.81. The molecule has 6 rings (SSSR count). The number of fused-ring (bicyclic) bond motifs is 2. The molecule has 1 N–H and O–H groups in total. The molecule has 2 aromatic carbocycles. The van der Waals surface area contributed by atoms with Crippen LogP contribution >= 0.6 is 0 Å². The number of para-hydroxylation sites is 1. The minimum atomic E-state index is -0.0942. The van der Waals surface area contributed by atoms with Gasteiger partial charge in [0.05, 0.1) is 0 Å². The predicted molar refractivity (Wildman–Crippen MR) is 135 cm³/mol. The number of amides is 1. The van der Waals surface area contributed by atoms with Gasteiger partial charge in [0.15, 0.2) is 0 Å². The van der Waals surface area contributed by atoms with Crippen LogP contribution in [0.4, 0.5) is 0 Å². The van der Waals surface area contributed by atoms with E-state index in [1.165, 1.54) is 24.0 Å². The standard InChI is InChI=1S/C29H35N3O2/c1-28(2)19-23-4-3-5-24(26(23)34-28)20-31-14-9-29(10-15-31)11-16-32(17-12-29)27(33)22-7-6-21-8-13-30-25(21)18-22/h3-8,13,18,30H,9-12,14-17,19-20H2,1-2H3. The Morgan fingerprint density at radius 1 is 1.00 bits per heavy atom. The number of likely N-dealkylation sites (tertiary alicyclic amines) is 2. The summed E-state index contributed by atoms with van der Waals surface area (Å²) in [6.45, 7) is 9.33. The first-order chi connectivity index (χ1) is 16.4. The van der Waals surface area contributed by atoms with E-state index in [0.717, 1.165) is 74.2 Å². The number of nitrogens with zero attached hydrogens (tertiary/aromatic N) is 2. The molecule has 0 unspecified atom stereocenters. The first-order valence-electron chi connectivity index (χ1n) is 12.8. The first kappa shape index (κ1) is 21.7. The average Bonchev–Trinajstić information content (AvgIpc) is 3.43. The number of hydrogen-bond donors (Lipinski definition) is 1. The lowest BCUT2D eigenvalue weighted by Crippen LogP contribution is -2.48. The molecule has 5 nitrogen and oxygen atoms in total. The molecule has 0 saturated carbocycles. The number of rotatable bonds is 3. The lowest BCUT2D eigenvalue weighted by molar-refractivity contribution is 0.0282. The molecule has 2 fully saturated rings. The Morgan fingerprint density at radius 2 is 1.76 bits per heavy atom. The summed E-state index contributed by atoms with van der Waals surface area (Å²) in [6.07, 6.45) is 7.61. The van der Waals surface area contributed by atoms with E-state index in [-0.39, 0.29) is 11.5 Å². The van der Waals surface area contributed by atoms with Gasteiger partial charge in [-0.25, -0.2) is 0 Å². The lowest BCUT2D eigenvalue weighted by Gasteiger charge is -2.47. The van der Waals surface area contributed by atoms with Crippen LogP contribution in [0, 0.1) is 5.41 Å². The Kier molecular flexibility index (Phi) is 5.21. The van der Waals surface area contributed by atoms with Crippen LogP contribution in [0.3, 0.4) is 0 Å². The summed E-state index contributed by atoms with van der Waals surface area (Å²) in [7, 11) is 0. The minimum absolute atomic E-state index is 0.0942. The number of piperidine rings is 2. The van der Waals surface area contributed by atoms with Gasteiger partial charge >= 0.3 is 0 Å². The van der Waals surface area contributed by atoms with Crippen LogP contribution in [0.1, 0.15) is 61.0 Å². The Morgan fingerprint density at radius 3 is 2.56 bits per heavy atom. The third-order valence-corrected chi connectivity index (χ3v) is 8.40. The number of aromatic amines is 1. The molecule has 1 amide bonds. The largest absolute Gasteiger partial charge is 0.487 e. The van der Waals surface area contributed by atoms with E-state index in [1.807, 2.05) is 30.5 Å². The number of carbonyl (C=O) groups excluding carboxylic acids is 1. The molecule has 3 aliphatic heterocycles. The second-order valence-corrected chi connectivity index (χ2v) is 11.3. The number of carbonyl (C=O) groups is 1. The fourth-order valence-corrected chi connectivity index (χ4v) is 6.28. The van der Waals surface area contributed by atoms with Gasteiger partial charge in [-0.3, -0.25) is 9.69 Å². The summed E-state index contributed by atoms with van der Waals surface area (Å²) in [5.74, 6) is 1.29. The lowest BCUT2D eigenvalue weighted by atomic mass is 9.71. The highest BCUT2D eigenvalue weighted by atomic mass is 16.5. The highest BCUT2D eigenvalue weighted by Crippen LogP contribution is 2.43. The maximum Gasteiger partial charge on any atom is 0.253 e. The fraction of sp³-hybridized carbons (Fsp3) is 0.483. The van der Waals surface area contributed by atoms with E-state index in [0.29, 0.717) is 5.41 Å². The SMILES string of the molecule is CC1(C)Cc2cccc(CN3CCC4(CC3)CCN(C(=O)c3ccc5cc[nH]c5c3)CC4)c2O1. The third kappa shape index (κ3) is 4.00. The van der Waals surface area contributed by atoms with Crippen LogP contribution < -0.4 is 4.74 Å². The molecule has 1 aromatic heterocycles. The molecule has 2 saturated heterocycles. The van der Waals surface area contributed by atoms with Crippen molar-refractivity contribution in [2.75, 3.05) is 26.2 Å². The van der Waals surface area contributed by atoms with Crippen LogP contribution in [-0.2, 0) is 13.0 Å². The maximum atomic E-state index is 13.1. The van der Waals surface area contributed by atoms with Crippen LogP contribution in [0.2, 0.25) is 0 Å². The van der Waals surface area contributed by atoms with Crippen molar-refractivity contribution in [1.82, 2.24) is 14.8 Å². The van der Waals surface area contributed by atoms with E-state index < -0.39 is 0 Å². The molecule has 0 bridgehead atoms. The number of benzene rings is 2. The second kappa shape index (κ2) is 8.16. The van der Waals surface area contributed by atoms with E-state index in [2.05, 4.69) is 46.8 Å². The highest BCUT2D eigenvalue weighted by Gasteiger charge is 2.39. The molecule has 178 valence electrons. The highest BCUT2D eigenvalue weighted by molar-refractivity contribution is 5.98. The quantitative estimate of drug-likeness (QED) is 0.573. The van der Waals surface area contributed by atoms with Gasteiger partial charge in [-0.1, -0.05) is 24.3 Å². The van der Waals surface area contributed by atoms with Gasteiger partial charge < -0.3 is 14.6 Å². The first-order valence-corrected chi connectivity index (χ1v) is 12.8. The molecule has 34 heavy (non-hydrogen) atoms. The summed E-state index contributed by atoms with van der Waals surface area (Å²) in [5, 5.41) is 1.15. The van der Waals surface area contributed by atoms with Crippen LogP contribution in [-0.4, -0.2) is 52.5 Å². The van der Waals surface area contributed by atoms with Crippen molar-refractivity contribution >= 4 is 16.8 Å². The normalized spacial score (nSPS) is 21.5. The maximum absolute atomic E-state index is 13.1. The molecule has 5 heteroatoms. The van der Waals surface area contributed by atoms with Crippen molar-refractivity contribution in [1.29, 1.82) is 0 Å². The zero-order valence-electron chi connectivity index (χ0n) is 20.4. The molecular weight excluding hydrogens is 422 g/mol. The van der Waals surface area contributed by atoms with Gasteiger partial charge in [-0.15, -0.1) is 0 Å². The Hall–Kier alpha value is -2.79. The van der Waals surface area contributed by atoms with Crippen molar-refractivity contribution < 1.29 is 9.53 Å². The van der Waals surface area contributed by atoms with Gasteiger partial charge in [-0.2, -0.15) is 0 Å². The van der Waals surface area contributed by atoms with Gasteiger partial charge in [0, 0.05) is 48.9 Å². The summed E-state index contributed by atoms with van der Waals surface area (Å²) in [6, 6.07) is 14.7. The van der Waals surface area contributed by atoms with E-state index in [1.54, 1.807) is 0 Å². The second-order valence-electron chi connectivity index (χ2n) is 11.3. The van der Waals surface area contributed by atoms with Crippen molar-refractivity contribution in [2.45, 2.75) is 58.1 Å². The summed E-state index contributed by atoms with van der Waals surface area (Å²) in [4.78, 5) is 21.0. The van der Waals surface area contributed by atoms with Crippen LogP contribution in [0.5, 0.6) is 5.75 Å². The predicted octanol–water partition coefficient (Wildman–Crippen LogP) is 5.40. The van der Waals surface area contributed by atoms with Gasteiger partial charge in [0.25, 0.3) is 5.91 Å². The number of hydrogen-bond acceptors (Lipinski definition) is 3. The molecule has 0 aliphatic carbocycles. The summed E-state index contributed by atoms with van der Waals surface area (Å²) < 4.78 is 6.30. The Balaban J connectivity index is 1.05. The van der Waals surface area contributed by atoms with Crippen molar-refractivity contribution in [2.24, 2.45) is 5.41 Å². The molecule has 3 aromatic rings. The van der Waals surface area contributed by atoms with Crippen LogP contribution in [0.25, 0.3) is 10.9 Å². The minimum Gasteiger partial charge on any atom is -0.487 e. The van der Waals surface area contributed by atoms with E-state index >= 15 is 0 Å². The Bertz CT molecular complexity index is 1210.